The molecule has 1 aliphatic heterocycles. The van der Waals surface area contributed by atoms with Crippen LogP contribution in [0.1, 0.15) is 29.2 Å². The lowest BCUT2D eigenvalue weighted by Crippen LogP contribution is -2.46. The van der Waals surface area contributed by atoms with Crippen LogP contribution in [0.4, 0.5) is 4.79 Å². The smallest absolute Gasteiger partial charge is 0.409 e. The number of hydrogen-bond donors (Lipinski definition) is 1. The molecule has 0 saturated carbocycles. The molecule has 2 amide bonds. The van der Waals surface area contributed by atoms with Gasteiger partial charge in [-0.15, -0.1) is 0 Å². The molecule has 1 aromatic heterocycles. The number of rotatable bonds is 4. The van der Waals surface area contributed by atoms with Gasteiger partial charge in [0.25, 0.3) is 5.91 Å². The predicted octanol–water partition coefficient (Wildman–Crippen LogP) is 1.39. The van der Waals surface area contributed by atoms with E-state index in [2.05, 4.69) is 10.1 Å². The molecule has 116 valence electrons. The molecule has 1 aliphatic rings. The van der Waals surface area contributed by atoms with Gasteiger partial charge in [-0.25, -0.2) is 4.79 Å². The molecule has 0 aliphatic carbocycles. The maximum Gasteiger partial charge on any atom is 0.409 e. The number of ether oxygens (including phenoxy) is 2. The SMILES string of the molecule is COCc1ccc(C(=O)NC2CCN(C(=O)OC)CC2)o1. The number of hydrogen-bond acceptors (Lipinski definition) is 5. The molecular weight excluding hydrogens is 276 g/mol. The van der Waals surface area contributed by atoms with Gasteiger partial charge in [-0.05, 0) is 25.0 Å². The minimum Gasteiger partial charge on any atom is -0.453 e. The second kappa shape index (κ2) is 7.12. The van der Waals surface area contributed by atoms with Crippen LogP contribution < -0.4 is 5.32 Å². The van der Waals surface area contributed by atoms with Gasteiger partial charge in [0.2, 0.25) is 0 Å². The Bertz CT molecular complexity index is 491. The highest BCUT2D eigenvalue weighted by atomic mass is 16.5. The number of furan rings is 1. The molecule has 0 atom stereocenters. The summed E-state index contributed by atoms with van der Waals surface area (Å²) in [6.07, 6.45) is 1.08. The highest BCUT2D eigenvalue weighted by Crippen LogP contribution is 2.13. The van der Waals surface area contributed by atoms with Crippen molar-refractivity contribution in [2.75, 3.05) is 27.3 Å². The van der Waals surface area contributed by atoms with Crippen molar-refractivity contribution >= 4 is 12.0 Å². The molecule has 2 heterocycles. The van der Waals surface area contributed by atoms with Crippen molar-refractivity contribution in [3.8, 4) is 0 Å². The number of nitrogens with one attached hydrogen (secondary N) is 1. The van der Waals surface area contributed by atoms with E-state index in [0.717, 1.165) is 0 Å². The first-order valence-electron chi connectivity index (χ1n) is 6.85. The second-order valence-corrected chi connectivity index (χ2v) is 4.90. The fourth-order valence-corrected chi connectivity index (χ4v) is 2.31. The molecule has 1 aromatic rings. The van der Waals surface area contributed by atoms with Gasteiger partial charge in [0.15, 0.2) is 5.76 Å². The predicted molar refractivity (Wildman–Crippen MR) is 73.9 cm³/mol. The standard InChI is InChI=1S/C14H20N2O5/c1-19-9-11-3-4-12(21-11)13(17)15-10-5-7-16(8-6-10)14(18)20-2/h3-4,10H,5-9H2,1-2H3,(H,15,17). The zero-order valence-corrected chi connectivity index (χ0v) is 12.3. The number of likely N-dealkylation sites (tertiary alicyclic amines) is 1. The summed E-state index contributed by atoms with van der Waals surface area (Å²) in [6.45, 7) is 1.49. The highest BCUT2D eigenvalue weighted by Gasteiger charge is 2.25. The van der Waals surface area contributed by atoms with Gasteiger partial charge in [-0.1, -0.05) is 0 Å². The van der Waals surface area contributed by atoms with E-state index in [9.17, 15) is 9.59 Å². The van der Waals surface area contributed by atoms with E-state index in [0.29, 0.717) is 38.3 Å². The molecule has 0 bridgehead atoms. The Morgan fingerprint density at radius 1 is 1.33 bits per heavy atom. The molecular formula is C14H20N2O5. The van der Waals surface area contributed by atoms with Crippen LogP contribution in [0.3, 0.4) is 0 Å². The summed E-state index contributed by atoms with van der Waals surface area (Å²) in [5, 5.41) is 2.92. The van der Waals surface area contributed by atoms with Gasteiger partial charge in [0.05, 0.1) is 7.11 Å². The Balaban J connectivity index is 1.82. The zero-order chi connectivity index (χ0) is 15.2. The van der Waals surface area contributed by atoms with Crippen LogP contribution in [0.2, 0.25) is 0 Å². The van der Waals surface area contributed by atoms with E-state index >= 15 is 0 Å². The van der Waals surface area contributed by atoms with E-state index in [-0.39, 0.29) is 23.8 Å². The summed E-state index contributed by atoms with van der Waals surface area (Å²) >= 11 is 0. The van der Waals surface area contributed by atoms with Gasteiger partial charge in [-0.3, -0.25) is 4.79 Å². The van der Waals surface area contributed by atoms with E-state index < -0.39 is 0 Å². The number of amides is 2. The van der Waals surface area contributed by atoms with Gasteiger partial charge < -0.3 is 24.1 Å². The van der Waals surface area contributed by atoms with Gasteiger partial charge in [0, 0.05) is 26.2 Å². The van der Waals surface area contributed by atoms with Crippen LogP contribution in [-0.4, -0.2) is 50.3 Å². The molecule has 2 rings (SSSR count). The molecule has 1 N–H and O–H groups in total. The minimum absolute atomic E-state index is 0.0365. The summed E-state index contributed by atoms with van der Waals surface area (Å²) in [5.41, 5.74) is 0. The van der Waals surface area contributed by atoms with Crippen molar-refractivity contribution in [2.24, 2.45) is 0 Å². The molecule has 21 heavy (non-hydrogen) atoms. The molecule has 7 heteroatoms. The number of carbonyl (C=O) groups excluding carboxylic acids is 2. The molecule has 0 aromatic carbocycles. The Labute approximate surface area is 123 Å². The lowest BCUT2D eigenvalue weighted by Gasteiger charge is -2.31. The third-order valence-corrected chi connectivity index (χ3v) is 3.44. The Morgan fingerprint density at radius 2 is 2.05 bits per heavy atom. The van der Waals surface area contributed by atoms with Crippen LogP contribution in [0.15, 0.2) is 16.5 Å². The quantitative estimate of drug-likeness (QED) is 0.908. The maximum absolute atomic E-state index is 12.1. The Morgan fingerprint density at radius 3 is 2.67 bits per heavy atom. The van der Waals surface area contributed by atoms with Crippen molar-refractivity contribution in [1.29, 1.82) is 0 Å². The van der Waals surface area contributed by atoms with Crippen molar-refractivity contribution in [2.45, 2.75) is 25.5 Å². The van der Waals surface area contributed by atoms with E-state index in [1.54, 1.807) is 24.1 Å². The third-order valence-electron chi connectivity index (χ3n) is 3.44. The molecule has 0 unspecified atom stereocenters. The van der Waals surface area contributed by atoms with Crippen molar-refractivity contribution < 1.29 is 23.5 Å². The third kappa shape index (κ3) is 3.98. The Hall–Kier alpha value is -2.02. The van der Waals surface area contributed by atoms with Crippen LogP contribution in [0, 0.1) is 0 Å². The van der Waals surface area contributed by atoms with Gasteiger partial charge in [-0.2, -0.15) is 0 Å². The van der Waals surface area contributed by atoms with Crippen LogP contribution in [0.25, 0.3) is 0 Å². The normalized spacial score (nSPS) is 15.8. The van der Waals surface area contributed by atoms with E-state index in [1.807, 2.05) is 0 Å². The topological polar surface area (TPSA) is 81.0 Å². The summed E-state index contributed by atoms with van der Waals surface area (Å²) in [4.78, 5) is 25.1. The second-order valence-electron chi connectivity index (χ2n) is 4.90. The van der Waals surface area contributed by atoms with Crippen molar-refractivity contribution in [1.82, 2.24) is 10.2 Å². The first-order valence-corrected chi connectivity index (χ1v) is 6.85. The zero-order valence-electron chi connectivity index (χ0n) is 12.3. The molecule has 1 fully saturated rings. The first-order chi connectivity index (χ1) is 10.1. The highest BCUT2D eigenvalue weighted by molar-refractivity contribution is 5.91. The fraction of sp³-hybridized carbons (Fsp3) is 0.571. The first kappa shape index (κ1) is 15.4. The molecule has 1 saturated heterocycles. The lowest BCUT2D eigenvalue weighted by atomic mass is 10.1. The average molecular weight is 296 g/mol. The van der Waals surface area contributed by atoms with Crippen molar-refractivity contribution in [3.05, 3.63) is 23.7 Å². The van der Waals surface area contributed by atoms with E-state index in [4.69, 9.17) is 9.15 Å². The largest absolute Gasteiger partial charge is 0.453 e. The fourth-order valence-electron chi connectivity index (χ4n) is 2.31. The monoisotopic (exact) mass is 296 g/mol. The number of methoxy groups -OCH3 is 2. The van der Waals surface area contributed by atoms with Crippen molar-refractivity contribution in [3.63, 3.8) is 0 Å². The number of carbonyl (C=O) groups is 2. The summed E-state index contributed by atoms with van der Waals surface area (Å²) < 4.78 is 15.0. The van der Waals surface area contributed by atoms with Crippen LogP contribution in [-0.2, 0) is 16.1 Å². The van der Waals surface area contributed by atoms with Crippen LogP contribution >= 0.6 is 0 Å². The summed E-state index contributed by atoms with van der Waals surface area (Å²) in [7, 11) is 2.93. The molecule has 0 radical (unpaired) electrons. The van der Waals surface area contributed by atoms with Gasteiger partial charge in [0.1, 0.15) is 12.4 Å². The van der Waals surface area contributed by atoms with Crippen LogP contribution in [0.5, 0.6) is 0 Å². The number of nitrogens with zero attached hydrogens (tertiary/aromatic N) is 1. The number of piperidine rings is 1. The van der Waals surface area contributed by atoms with Gasteiger partial charge >= 0.3 is 6.09 Å². The summed E-state index contributed by atoms with van der Waals surface area (Å²) in [6, 6.07) is 3.39. The minimum atomic E-state index is -0.324. The Kier molecular flexibility index (Phi) is 5.21. The van der Waals surface area contributed by atoms with E-state index in [1.165, 1.54) is 7.11 Å². The lowest BCUT2D eigenvalue weighted by molar-refractivity contribution is 0.0859. The molecule has 7 nitrogen and oxygen atoms in total. The maximum atomic E-state index is 12.1. The summed E-state index contributed by atoms with van der Waals surface area (Å²) in [5.74, 6) is 0.648. The molecule has 0 spiro atoms. The average Bonchev–Trinajstić information content (AvgIpc) is 2.96.